The molecule has 0 saturated carbocycles. The molecular weight excluding hydrogens is 504 g/mol. The van der Waals surface area contributed by atoms with E-state index in [2.05, 4.69) is 41.4 Å². The van der Waals surface area contributed by atoms with Crippen LogP contribution in [-0.4, -0.2) is 51.1 Å². The number of hydrogen-bond acceptors (Lipinski definition) is 7. The fraction of sp³-hybridized carbons (Fsp3) is 0.393. The molecule has 1 aromatic heterocycles. The highest BCUT2D eigenvalue weighted by atomic mass is 32.2. The Balaban J connectivity index is 1.86. The molecular formula is C28H36N4O5S. The third kappa shape index (κ3) is 8.34. The molecule has 0 radical (unpaired) electrons. The zero-order valence-electron chi connectivity index (χ0n) is 22.7. The molecule has 0 fully saturated rings. The predicted molar refractivity (Wildman–Crippen MR) is 149 cm³/mol. The summed E-state index contributed by atoms with van der Waals surface area (Å²) < 4.78 is 32.1. The molecule has 2 atom stereocenters. The van der Waals surface area contributed by atoms with Crippen LogP contribution in [0.15, 0.2) is 53.4 Å². The minimum Gasteiger partial charge on any atom is -0.475 e. The van der Waals surface area contributed by atoms with Crippen molar-refractivity contribution in [1.29, 1.82) is 0 Å². The summed E-state index contributed by atoms with van der Waals surface area (Å²) in [5.41, 5.74) is 4.08. The zero-order valence-corrected chi connectivity index (χ0v) is 23.5. The predicted octanol–water partition coefficient (Wildman–Crippen LogP) is 4.97. The average Bonchev–Trinajstić information content (AvgIpc) is 2.85. The molecule has 3 N–H and O–H groups in total. The third-order valence-electron chi connectivity index (χ3n) is 5.74. The number of hydrogen-bond donors (Lipinski definition) is 3. The standard InChI is InChI=1S/C28H36N4O5S/c1-18-9-7-10-19(2)25(18)23-14-24(32-27(31-23)29-17-36-6)37-16-21(15-28(3,4)5)30-26(33)20-11-8-12-22(13-20)38(34)35/h7-14,21H,15-17H2,1-6H3,(H,30,33)(H,34,35)(H,29,31,32)/t21-/m1/s1. The van der Waals surface area contributed by atoms with Gasteiger partial charge in [0.15, 0.2) is 11.1 Å². The van der Waals surface area contributed by atoms with Crippen molar-refractivity contribution in [2.75, 3.05) is 25.8 Å². The van der Waals surface area contributed by atoms with Gasteiger partial charge in [0.2, 0.25) is 11.8 Å². The van der Waals surface area contributed by atoms with Gasteiger partial charge in [0.25, 0.3) is 5.91 Å². The van der Waals surface area contributed by atoms with Crippen molar-refractivity contribution < 1.29 is 23.0 Å². The van der Waals surface area contributed by atoms with E-state index in [1.54, 1.807) is 25.3 Å². The second-order valence-corrected chi connectivity index (χ2v) is 11.3. The minimum absolute atomic E-state index is 0.101. The van der Waals surface area contributed by atoms with Gasteiger partial charge in [-0.05, 0) is 55.0 Å². The van der Waals surface area contributed by atoms with Crippen LogP contribution in [0.25, 0.3) is 11.3 Å². The molecule has 204 valence electrons. The van der Waals surface area contributed by atoms with E-state index in [1.165, 1.54) is 12.1 Å². The molecule has 3 aromatic rings. The zero-order chi connectivity index (χ0) is 27.9. The van der Waals surface area contributed by atoms with E-state index in [1.807, 2.05) is 32.0 Å². The van der Waals surface area contributed by atoms with Gasteiger partial charge in [-0.3, -0.25) is 4.79 Å². The Morgan fingerprint density at radius 3 is 2.39 bits per heavy atom. The molecule has 0 aliphatic heterocycles. The van der Waals surface area contributed by atoms with Gasteiger partial charge in [-0.25, -0.2) is 9.19 Å². The van der Waals surface area contributed by atoms with Gasteiger partial charge < -0.3 is 24.7 Å². The molecule has 0 spiro atoms. The van der Waals surface area contributed by atoms with Crippen molar-refractivity contribution in [2.24, 2.45) is 5.41 Å². The SMILES string of the molecule is COCNc1nc(OC[C@@H](CC(C)(C)C)NC(=O)c2cccc(S(=O)O)c2)cc(-c2c(C)cccc2C)n1. The van der Waals surface area contributed by atoms with Gasteiger partial charge in [-0.15, -0.1) is 0 Å². The fourth-order valence-corrected chi connectivity index (χ4v) is 4.58. The molecule has 3 rings (SSSR count). The van der Waals surface area contributed by atoms with Crippen molar-refractivity contribution in [3.8, 4) is 17.1 Å². The molecule has 1 heterocycles. The van der Waals surface area contributed by atoms with Crippen molar-refractivity contribution in [3.63, 3.8) is 0 Å². The average molecular weight is 541 g/mol. The van der Waals surface area contributed by atoms with Crippen LogP contribution in [0, 0.1) is 19.3 Å². The first-order valence-corrected chi connectivity index (χ1v) is 13.4. The van der Waals surface area contributed by atoms with E-state index in [4.69, 9.17) is 9.47 Å². The molecule has 0 aliphatic carbocycles. The highest BCUT2D eigenvalue weighted by Gasteiger charge is 2.23. The first-order chi connectivity index (χ1) is 18.0. The lowest BCUT2D eigenvalue weighted by atomic mass is 9.88. The third-order valence-corrected chi connectivity index (χ3v) is 6.40. The Labute approximate surface area is 226 Å². The van der Waals surface area contributed by atoms with Crippen LogP contribution in [0.1, 0.15) is 48.7 Å². The lowest BCUT2D eigenvalue weighted by Crippen LogP contribution is -2.41. The number of aromatic nitrogens is 2. The monoisotopic (exact) mass is 540 g/mol. The number of anilines is 1. The van der Waals surface area contributed by atoms with Gasteiger partial charge in [-0.1, -0.05) is 45.0 Å². The number of nitrogens with zero attached hydrogens (tertiary/aromatic N) is 2. The molecule has 9 nitrogen and oxygen atoms in total. The Morgan fingerprint density at radius 1 is 1.08 bits per heavy atom. The Bertz CT molecular complexity index is 1270. The summed E-state index contributed by atoms with van der Waals surface area (Å²) in [6.45, 7) is 10.7. The molecule has 1 unspecified atom stereocenters. The Morgan fingerprint density at radius 2 is 1.76 bits per heavy atom. The van der Waals surface area contributed by atoms with Crippen molar-refractivity contribution in [2.45, 2.75) is 52.0 Å². The van der Waals surface area contributed by atoms with Crippen molar-refractivity contribution >= 4 is 22.9 Å². The maximum absolute atomic E-state index is 13.0. The molecule has 0 aliphatic rings. The number of methoxy groups -OCH3 is 1. The van der Waals surface area contributed by atoms with E-state index >= 15 is 0 Å². The van der Waals surface area contributed by atoms with Gasteiger partial charge in [-0.2, -0.15) is 4.98 Å². The van der Waals surface area contributed by atoms with E-state index in [-0.39, 0.29) is 35.6 Å². The molecule has 1 amide bonds. The quantitative estimate of drug-likeness (QED) is 0.230. The van der Waals surface area contributed by atoms with Crippen LogP contribution in [0.2, 0.25) is 0 Å². The summed E-state index contributed by atoms with van der Waals surface area (Å²) in [4.78, 5) is 22.3. The van der Waals surface area contributed by atoms with Crippen LogP contribution < -0.4 is 15.4 Å². The lowest BCUT2D eigenvalue weighted by molar-refractivity contribution is 0.0903. The lowest BCUT2D eigenvalue weighted by Gasteiger charge is -2.27. The number of benzene rings is 2. The number of carbonyl (C=O) groups excluding carboxylic acids is 1. The van der Waals surface area contributed by atoms with E-state index < -0.39 is 11.1 Å². The number of rotatable bonds is 11. The summed E-state index contributed by atoms with van der Waals surface area (Å²) in [7, 11) is 1.58. The number of aryl methyl sites for hydroxylation is 2. The van der Waals surface area contributed by atoms with E-state index in [0.717, 1.165) is 22.4 Å². The summed E-state index contributed by atoms with van der Waals surface area (Å²) in [5, 5.41) is 6.05. The minimum atomic E-state index is -2.17. The first kappa shape index (κ1) is 29.2. The summed E-state index contributed by atoms with van der Waals surface area (Å²) >= 11 is -2.17. The largest absolute Gasteiger partial charge is 0.475 e. The van der Waals surface area contributed by atoms with Crippen LogP contribution in [0.5, 0.6) is 5.88 Å². The maximum atomic E-state index is 13.0. The Kier molecular flexibility index (Phi) is 9.96. The number of ether oxygens (including phenoxy) is 2. The molecule has 2 aromatic carbocycles. The maximum Gasteiger partial charge on any atom is 0.251 e. The Hall–Kier alpha value is -3.34. The van der Waals surface area contributed by atoms with Gasteiger partial charge in [0.05, 0.1) is 16.6 Å². The first-order valence-electron chi connectivity index (χ1n) is 12.3. The molecule has 0 saturated heterocycles. The van der Waals surface area contributed by atoms with Crippen LogP contribution in [0.3, 0.4) is 0 Å². The van der Waals surface area contributed by atoms with Gasteiger partial charge in [0, 0.05) is 24.3 Å². The summed E-state index contributed by atoms with van der Waals surface area (Å²) in [6.07, 6.45) is 0.633. The number of carbonyl (C=O) groups is 1. The van der Waals surface area contributed by atoms with Crippen LogP contribution >= 0.6 is 0 Å². The normalized spacial score (nSPS) is 13.0. The summed E-state index contributed by atoms with van der Waals surface area (Å²) in [6, 6.07) is 13.6. The van der Waals surface area contributed by atoms with E-state index in [0.29, 0.717) is 23.8 Å². The number of amides is 1. The van der Waals surface area contributed by atoms with E-state index in [9.17, 15) is 13.6 Å². The topological polar surface area (TPSA) is 123 Å². The van der Waals surface area contributed by atoms with Crippen molar-refractivity contribution in [1.82, 2.24) is 15.3 Å². The fourth-order valence-electron chi connectivity index (χ4n) is 4.15. The van der Waals surface area contributed by atoms with Crippen LogP contribution in [0.4, 0.5) is 5.95 Å². The molecule has 0 bridgehead atoms. The second-order valence-electron chi connectivity index (χ2n) is 10.3. The molecule has 10 heteroatoms. The molecule has 38 heavy (non-hydrogen) atoms. The highest BCUT2D eigenvalue weighted by Crippen LogP contribution is 2.29. The number of nitrogens with one attached hydrogen (secondary N) is 2. The van der Waals surface area contributed by atoms with Crippen LogP contribution in [-0.2, 0) is 15.8 Å². The second kappa shape index (κ2) is 12.9. The van der Waals surface area contributed by atoms with Gasteiger partial charge in [0.1, 0.15) is 13.3 Å². The van der Waals surface area contributed by atoms with Gasteiger partial charge >= 0.3 is 0 Å². The highest BCUT2D eigenvalue weighted by molar-refractivity contribution is 7.79. The summed E-state index contributed by atoms with van der Waals surface area (Å²) in [5.74, 6) is 0.380. The smallest absolute Gasteiger partial charge is 0.251 e. The van der Waals surface area contributed by atoms with Crippen molar-refractivity contribution in [3.05, 3.63) is 65.2 Å².